The number of ketones is 1. The number of carbonyl (C=O) groups excluding carboxylic acids is 2. The second-order valence-electron chi connectivity index (χ2n) is 5.10. The van der Waals surface area contributed by atoms with E-state index in [1.165, 1.54) is 0 Å². The number of amides is 1. The van der Waals surface area contributed by atoms with Crippen molar-refractivity contribution in [3.8, 4) is 0 Å². The zero-order chi connectivity index (χ0) is 16.7. The lowest BCUT2D eigenvalue weighted by Crippen LogP contribution is -2.14. The molecule has 0 unspecified atom stereocenters. The lowest BCUT2D eigenvalue weighted by molar-refractivity contribution is -0.137. The van der Waals surface area contributed by atoms with Crippen LogP contribution in [0.1, 0.15) is 28.8 Å². The Kier molecular flexibility index (Phi) is 5.63. The first kappa shape index (κ1) is 16.4. The van der Waals surface area contributed by atoms with E-state index in [1.54, 1.807) is 24.3 Å². The minimum Gasteiger partial charge on any atom is -0.481 e. The molecule has 2 aromatic carbocycles. The molecule has 0 spiro atoms. The fourth-order valence-corrected chi connectivity index (χ4v) is 2.09. The largest absolute Gasteiger partial charge is 0.481 e. The smallest absolute Gasteiger partial charge is 0.303 e. The molecule has 0 heterocycles. The average molecular weight is 311 g/mol. The summed E-state index contributed by atoms with van der Waals surface area (Å²) in [6.45, 7) is 0. The van der Waals surface area contributed by atoms with E-state index in [1.807, 2.05) is 30.3 Å². The normalized spacial score (nSPS) is 10.1. The average Bonchev–Trinajstić information content (AvgIpc) is 2.54. The van der Waals surface area contributed by atoms with Gasteiger partial charge in [0.25, 0.3) is 0 Å². The van der Waals surface area contributed by atoms with Gasteiger partial charge in [-0.15, -0.1) is 0 Å². The number of carbonyl (C=O) groups is 3. The van der Waals surface area contributed by atoms with Crippen LogP contribution in [0.15, 0.2) is 54.6 Å². The van der Waals surface area contributed by atoms with Gasteiger partial charge < -0.3 is 10.4 Å². The molecule has 0 bridgehead atoms. The van der Waals surface area contributed by atoms with E-state index in [9.17, 15) is 14.4 Å². The molecular weight excluding hydrogens is 294 g/mol. The number of nitrogens with one attached hydrogen (secondary N) is 1. The number of carboxylic acid groups (broad SMARTS) is 1. The van der Waals surface area contributed by atoms with Crippen LogP contribution in [0, 0.1) is 0 Å². The van der Waals surface area contributed by atoms with Gasteiger partial charge in [-0.2, -0.15) is 0 Å². The number of anilines is 1. The van der Waals surface area contributed by atoms with Gasteiger partial charge >= 0.3 is 5.97 Å². The molecule has 0 aromatic heterocycles. The van der Waals surface area contributed by atoms with Gasteiger partial charge in [-0.25, -0.2) is 0 Å². The quantitative estimate of drug-likeness (QED) is 0.770. The van der Waals surface area contributed by atoms with Crippen molar-refractivity contribution in [3.63, 3.8) is 0 Å². The van der Waals surface area contributed by atoms with Crippen molar-refractivity contribution in [2.45, 2.75) is 19.3 Å². The summed E-state index contributed by atoms with van der Waals surface area (Å²) in [5.41, 5.74) is 1.96. The Balaban J connectivity index is 1.90. The van der Waals surface area contributed by atoms with Crippen molar-refractivity contribution >= 4 is 23.3 Å². The summed E-state index contributed by atoms with van der Waals surface area (Å²) in [5, 5.41) is 11.3. The number of rotatable bonds is 7. The molecule has 5 nitrogen and oxygen atoms in total. The molecular formula is C18H17NO4. The third-order valence-corrected chi connectivity index (χ3v) is 3.26. The van der Waals surface area contributed by atoms with Crippen LogP contribution in [0.2, 0.25) is 0 Å². The topological polar surface area (TPSA) is 83.5 Å². The van der Waals surface area contributed by atoms with Gasteiger partial charge in [-0.3, -0.25) is 14.4 Å². The minimum absolute atomic E-state index is 0.0327. The molecule has 5 heteroatoms. The highest BCUT2D eigenvalue weighted by atomic mass is 16.4. The Labute approximate surface area is 134 Å². The fourth-order valence-electron chi connectivity index (χ4n) is 2.09. The molecule has 0 aliphatic rings. The van der Waals surface area contributed by atoms with Crippen molar-refractivity contribution in [1.82, 2.24) is 0 Å². The first-order valence-corrected chi connectivity index (χ1v) is 7.23. The Hall–Kier alpha value is -2.95. The fraction of sp³-hybridized carbons (Fsp3) is 0.167. The molecule has 0 radical (unpaired) electrons. The molecule has 0 aliphatic carbocycles. The number of carboxylic acids is 1. The summed E-state index contributed by atoms with van der Waals surface area (Å²) in [6.07, 6.45) is 0.0591. The highest BCUT2D eigenvalue weighted by molar-refractivity contribution is 5.98. The first-order chi connectivity index (χ1) is 11.0. The summed E-state index contributed by atoms with van der Waals surface area (Å²) in [4.78, 5) is 34.2. The van der Waals surface area contributed by atoms with Crippen molar-refractivity contribution in [1.29, 1.82) is 0 Å². The highest BCUT2D eigenvalue weighted by Crippen LogP contribution is 2.13. The van der Waals surface area contributed by atoms with E-state index in [4.69, 9.17) is 5.11 Å². The molecule has 0 aliphatic heterocycles. The number of hydrogen-bond acceptors (Lipinski definition) is 3. The summed E-state index contributed by atoms with van der Waals surface area (Å²) in [7, 11) is 0. The maximum absolute atomic E-state index is 11.9. The predicted octanol–water partition coefficient (Wildman–Crippen LogP) is 2.92. The number of Topliss-reactive ketones (excluding diaryl/α,β-unsaturated/α-hetero) is 1. The molecule has 0 atom stereocenters. The maximum Gasteiger partial charge on any atom is 0.303 e. The third kappa shape index (κ3) is 5.39. The Morgan fingerprint density at radius 3 is 2.13 bits per heavy atom. The summed E-state index contributed by atoms with van der Waals surface area (Å²) in [5.74, 6) is -1.36. The van der Waals surface area contributed by atoms with Gasteiger partial charge in [0.1, 0.15) is 0 Å². The monoisotopic (exact) mass is 311 g/mol. The van der Waals surface area contributed by atoms with Crippen LogP contribution in [0.25, 0.3) is 0 Å². The molecule has 118 valence electrons. The second-order valence-corrected chi connectivity index (χ2v) is 5.10. The summed E-state index contributed by atoms with van der Waals surface area (Å²) < 4.78 is 0. The van der Waals surface area contributed by atoms with E-state index < -0.39 is 5.97 Å². The number of aliphatic carboxylic acids is 1. The van der Waals surface area contributed by atoms with Crippen molar-refractivity contribution in [3.05, 3.63) is 65.7 Å². The SMILES string of the molecule is O=C(O)CCC(=O)c1ccc(NC(=O)Cc2ccccc2)cc1. The molecule has 0 saturated heterocycles. The van der Waals surface area contributed by atoms with Gasteiger partial charge in [0.15, 0.2) is 5.78 Å². The van der Waals surface area contributed by atoms with Crippen molar-refractivity contribution in [2.75, 3.05) is 5.32 Å². The summed E-state index contributed by atoms with van der Waals surface area (Å²) >= 11 is 0. The van der Waals surface area contributed by atoms with E-state index >= 15 is 0 Å². The first-order valence-electron chi connectivity index (χ1n) is 7.23. The van der Waals surface area contributed by atoms with Crippen molar-refractivity contribution in [2.24, 2.45) is 0 Å². The van der Waals surface area contributed by atoms with Crippen LogP contribution in [0.4, 0.5) is 5.69 Å². The number of benzene rings is 2. The van der Waals surface area contributed by atoms with E-state index in [-0.39, 0.29) is 31.0 Å². The molecule has 0 saturated carbocycles. The van der Waals surface area contributed by atoms with Gasteiger partial charge in [0.2, 0.25) is 5.91 Å². The molecule has 2 aromatic rings. The van der Waals surface area contributed by atoms with E-state index in [0.29, 0.717) is 11.3 Å². The molecule has 2 rings (SSSR count). The van der Waals surface area contributed by atoms with Crippen LogP contribution < -0.4 is 5.32 Å². The summed E-state index contributed by atoms with van der Waals surface area (Å²) in [6, 6.07) is 15.8. The lowest BCUT2D eigenvalue weighted by Gasteiger charge is -2.06. The molecule has 2 N–H and O–H groups in total. The van der Waals surface area contributed by atoms with Crippen LogP contribution in [-0.2, 0) is 16.0 Å². The standard InChI is InChI=1S/C18H17NO4/c20-16(10-11-18(22)23)14-6-8-15(9-7-14)19-17(21)12-13-4-2-1-3-5-13/h1-9H,10-12H2,(H,19,21)(H,22,23). The molecule has 1 amide bonds. The predicted molar refractivity (Wildman–Crippen MR) is 86.4 cm³/mol. The minimum atomic E-state index is -0.997. The Morgan fingerprint density at radius 1 is 0.870 bits per heavy atom. The zero-order valence-corrected chi connectivity index (χ0v) is 12.5. The number of hydrogen-bond donors (Lipinski definition) is 2. The molecule has 0 fully saturated rings. The van der Waals surface area contributed by atoms with Crippen LogP contribution in [-0.4, -0.2) is 22.8 Å². The third-order valence-electron chi connectivity index (χ3n) is 3.26. The zero-order valence-electron chi connectivity index (χ0n) is 12.5. The van der Waals surface area contributed by atoms with Gasteiger partial charge in [0, 0.05) is 17.7 Å². The Bertz CT molecular complexity index is 693. The van der Waals surface area contributed by atoms with Gasteiger partial charge in [-0.1, -0.05) is 30.3 Å². The second kappa shape index (κ2) is 7.89. The van der Waals surface area contributed by atoms with Crippen LogP contribution in [0.5, 0.6) is 0 Å². The highest BCUT2D eigenvalue weighted by Gasteiger charge is 2.09. The van der Waals surface area contributed by atoms with Gasteiger partial charge in [-0.05, 0) is 29.8 Å². The van der Waals surface area contributed by atoms with Crippen LogP contribution >= 0.6 is 0 Å². The van der Waals surface area contributed by atoms with E-state index in [0.717, 1.165) is 5.56 Å². The Morgan fingerprint density at radius 2 is 1.52 bits per heavy atom. The van der Waals surface area contributed by atoms with Crippen molar-refractivity contribution < 1.29 is 19.5 Å². The molecule has 23 heavy (non-hydrogen) atoms. The lowest BCUT2D eigenvalue weighted by atomic mass is 10.1. The van der Waals surface area contributed by atoms with Gasteiger partial charge in [0.05, 0.1) is 12.8 Å². The van der Waals surface area contributed by atoms with E-state index in [2.05, 4.69) is 5.32 Å². The van der Waals surface area contributed by atoms with Crippen LogP contribution in [0.3, 0.4) is 0 Å². The maximum atomic E-state index is 11.9.